The van der Waals surface area contributed by atoms with Gasteiger partial charge in [-0.3, -0.25) is 4.90 Å². The number of piperidine rings is 2. The molecule has 2 rings (SSSR count). The minimum atomic E-state index is -0.451. The van der Waals surface area contributed by atoms with Gasteiger partial charge in [0.2, 0.25) is 0 Å². The number of amides is 2. The number of nitrogens with zero attached hydrogens (tertiary/aromatic N) is 2. The van der Waals surface area contributed by atoms with Crippen molar-refractivity contribution < 1.29 is 19.1 Å². The van der Waals surface area contributed by atoms with Crippen LogP contribution in [0, 0.1) is 30.6 Å². The molecule has 0 aromatic heterocycles. The first-order chi connectivity index (χ1) is 13.9. The summed E-state index contributed by atoms with van der Waals surface area (Å²) in [7, 11) is 0. The molecule has 30 heavy (non-hydrogen) atoms. The van der Waals surface area contributed by atoms with Crippen LogP contribution in [0.2, 0.25) is 0 Å². The predicted molar refractivity (Wildman–Crippen MR) is 119 cm³/mol. The predicted octanol–water partition coefficient (Wildman–Crippen LogP) is 4.68. The molecule has 0 spiro atoms. The van der Waals surface area contributed by atoms with Crippen molar-refractivity contribution in [2.75, 3.05) is 19.6 Å². The second kappa shape index (κ2) is 11.2. The first kappa shape index (κ1) is 25.7. The lowest BCUT2D eigenvalue weighted by atomic mass is 9.99. The summed E-state index contributed by atoms with van der Waals surface area (Å²) in [6.07, 6.45) is 15.2. The van der Waals surface area contributed by atoms with E-state index in [0.717, 1.165) is 38.6 Å². The summed E-state index contributed by atoms with van der Waals surface area (Å²) in [5, 5.41) is 0. The highest BCUT2D eigenvalue weighted by Crippen LogP contribution is 2.20. The molecule has 2 aliphatic heterocycles. The molecule has 6 heteroatoms. The molecule has 2 fully saturated rings. The standard InChI is InChI=1S/2C12H19NO2/c1-5-10-7-6-8-13(9-10)11(14)15-12(2,3)4;1-5-10-8-6-7-9-13(10)11(14)15-12(2,3)4/h2*1,10H,6-9H2,2-4H3/t10-;/m0./s1. The van der Waals surface area contributed by atoms with Gasteiger partial charge in [0.05, 0.1) is 6.04 Å². The fraction of sp³-hybridized carbons (Fsp3) is 0.750. The molecule has 1 unspecified atom stereocenters. The molecule has 6 nitrogen and oxygen atoms in total. The highest BCUT2D eigenvalue weighted by molar-refractivity contribution is 5.69. The van der Waals surface area contributed by atoms with Crippen molar-refractivity contribution in [3.63, 3.8) is 0 Å². The van der Waals surface area contributed by atoms with E-state index in [4.69, 9.17) is 22.3 Å². The molecule has 2 aliphatic rings. The highest BCUT2D eigenvalue weighted by atomic mass is 16.6. The Morgan fingerprint density at radius 1 is 0.833 bits per heavy atom. The van der Waals surface area contributed by atoms with Gasteiger partial charge in [-0.15, -0.1) is 18.8 Å². The molecule has 0 bridgehead atoms. The van der Waals surface area contributed by atoms with Crippen LogP contribution >= 0.6 is 0 Å². The van der Waals surface area contributed by atoms with E-state index in [1.54, 1.807) is 9.80 Å². The Balaban J connectivity index is 0.000000300. The van der Waals surface area contributed by atoms with E-state index in [1.165, 1.54) is 0 Å². The molecule has 2 atom stereocenters. The maximum Gasteiger partial charge on any atom is 0.411 e. The number of ether oxygens (including phenoxy) is 2. The molecule has 2 amide bonds. The Morgan fingerprint density at radius 2 is 1.43 bits per heavy atom. The summed E-state index contributed by atoms with van der Waals surface area (Å²) in [5.41, 5.74) is -0.881. The van der Waals surface area contributed by atoms with Crippen LogP contribution in [0.1, 0.15) is 73.6 Å². The number of carbonyl (C=O) groups excluding carboxylic acids is 2. The molecule has 0 saturated carbocycles. The van der Waals surface area contributed by atoms with Gasteiger partial charge < -0.3 is 14.4 Å². The third kappa shape index (κ3) is 9.44. The van der Waals surface area contributed by atoms with E-state index in [9.17, 15) is 9.59 Å². The van der Waals surface area contributed by atoms with Gasteiger partial charge in [-0.05, 0) is 73.6 Å². The molecule has 0 N–H and O–H groups in total. The minimum absolute atomic E-state index is 0.0893. The summed E-state index contributed by atoms with van der Waals surface area (Å²) in [4.78, 5) is 26.9. The van der Waals surface area contributed by atoms with Crippen LogP contribution in [-0.2, 0) is 9.47 Å². The SMILES string of the molecule is C#CC1CCCCN1C(=O)OC(C)(C)C.C#C[C@H]1CCCN(C(=O)OC(C)(C)C)C1. The molecular weight excluding hydrogens is 380 g/mol. The number of likely N-dealkylation sites (tertiary alicyclic amines) is 2. The van der Waals surface area contributed by atoms with Crippen LogP contribution in [0.3, 0.4) is 0 Å². The normalized spacial score (nSPS) is 22.0. The topological polar surface area (TPSA) is 59.1 Å². The summed E-state index contributed by atoms with van der Waals surface area (Å²) in [6.45, 7) is 13.3. The number of hydrogen-bond acceptors (Lipinski definition) is 4. The summed E-state index contributed by atoms with van der Waals surface area (Å²) in [5.74, 6) is 5.53. The van der Waals surface area contributed by atoms with Crippen molar-refractivity contribution in [3.8, 4) is 24.7 Å². The van der Waals surface area contributed by atoms with Crippen molar-refractivity contribution in [1.82, 2.24) is 9.80 Å². The van der Waals surface area contributed by atoms with E-state index in [2.05, 4.69) is 11.8 Å². The second-order valence-electron chi connectivity index (χ2n) is 9.78. The number of terminal acetylenes is 2. The van der Waals surface area contributed by atoms with Crippen LogP contribution in [0.5, 0.6) is 0 Å². The van der Waals surface area contributed by atoms with Crippen LogP contribution < -0.4 is 0 Å². The zero-order chi connectivity index (χ0) is 22.9. The Morgan fingerprint density at radius 3 is 1.97 bits per heavy atom. The van der Waals surface area contributed by atoms with Crippen molar-refractivity contribution in [2.24, 2.45) is 5.92 Å². The average molecular weight is 419 g/mol. The summed E-state index contributed by atoms with van der Waals surface area (Å²) >= 11 is 0. The summed E-state index contributed by atoms with van der Waals surface area (Å²) in [6, 6.07) is -0.0893. The Labute approximate surface area is 182 Å². The summed E-state index contributed by atoms with van der Waals surface area (Å²) < 4.78 is 10.6. The Kier molecular flexibility index (Phi) is 9.56. The first-order valence-electron chi connectivity index (χ1n) is 10.8. The van der Waals surface area contributed by atoms with Crippen molar-refractivity contribution in [2.45, 2.75) is 90.9 Å². The third-order valence-corrected chi connectivity index (χ3v) is 4.63. The Hall–Kier alpha value is -2.34. The lowest BCUT2D eigenvalue weighted by Crippen LogP contribution is -2.45. The number of rotatable bonds is 0. The molecule has 2 saturated heterocycles. The van der Waals surface area contributed by atoms with Gasteiger partial charge in [0.1, 0.15) is 11.2 Å². The van der Waals surface area contributed by atoms with Gasteiger partial charge in [-0.2, -0.15) is 0 Å². The van der Waals surface area contributed by atoms with Gasteiger partial charge in [-0.1, -0.05) is 5.92 Å². The maximum atomic E-state index is 11.8. The van der Waals surface area contributed by atoms with Crippen LogP contribution in [0.15, 0.2) is 0 Å². The second-order valence-corrected chi connectivity index (χ2v) is 9.78. The van der Waals surface area contributed by atoms with Crippen LogP contribution in [0.25, 0.3) is 0 Å². The molecule has 0 aromatic rings. The molecule has 0 aromatic carbocycles. The van der Waals surface area contributed by atoms with E-state index >= 15 is 0 Å². The van der Waals surface area contributed by atoms with Crippen molar-refractivity contribution in [1.29, 1.82) is 0 Å². The fourth-order valence-corrected chi connectivity index (χ4v) is 3.25. The van der Waals surface area contributed by atoms with E-state index in [1.807, 2.05) is 41.5 Å². The molecule has 168 valence electrons. The first-order valence-corrected chi connectivity index (χ1v) is 10.8. The molecule has 0 radical (unpaired) electrons. The minimum Gasteiger partial charge on any atom is -0.444 e. The van der Waals surface area contributed by atoms with Crippen molar-refractivity contribution >= 4 is 12.2 Å². The molecule has 0 aliphatic carbocycles. The fourth-order valence-electron chi connectivity index (χ4n) is 3.25. The van der Waals surface area contributed by atoms with Crippen LogP contribution in [0.4, 0.5) is 9.59 Å². The van der Waals surface area contributed by atoms with Gasteiger partial charge in [0.15, 0.2) is 0 Å². The van der Waals surface area contributed by atoms with Gasteiger partial charge in [-0.25, -0.2) is 9.59 Å². The average Bonchev–Trinajstić information content (AvgIpc) is 2.66. The maximum absolute atomic E-state index is 11.8. The van der Waals surface area contributed by atoms with Crippen molar-refractivity contribution in [3.05, 3.63) is 0 Å². The number of carbonyl (C=O) groups is 2. The van der Waals surface area contributed by atoms with E-state index < -0.39 is 11.2 Å². The van der Waals surface area contributed by atoms with E-state index in [-0.39, 0.29) is 24.1 Å². The number of hydrogen-bond donors (Lipinski definition) is 0. The quantitative estimate of drug-likeness (QED) is 0.536. The highest BCUT2D eigenvalue weighted by Gasteiger charge is 2.29. The lowest BCUT2D eigenvalue weighted by molar-refractivity contribution is 0.0155. The molecule has 2 heterocycles. The van der Waals surface area contributed by atoms with Gasteiger partial charge in [0.25, 0.3) is 0 Å². The largest absolute Gasteiger partial charge is 0.444 e. The smallest absolute Gasteiger partial charge is 0.411 e. The van der Waals surface area contributed by atoms with Gasteiger partial charge in [0, 0.05) is 25.6 Å². The third-order valence-electron chi connectivity index (χ3n) is 4.63. The Bertz CT molecular complexity index is 661. The van der Waals surface area contributed by atoms with E-state index in [0.29, 0.717) is 13.1 Å². The van der Waals surface area contributed by atoms with Crippen LogP contribution in [-0.4, -0.2) is 58.9 Å². The van der Waals surface area contributed by atoms with Gasteiger partial charge >= 0.3 is 12.2 Å². The zero-order valence-corrected chi connectivity index (χ0v) is 19.5. The zero-order valence-electron chi connectivity index (χ0n) is 19.5. The molecular formula is C24H38N2O4. The lowest BCUT2D eigenvalue weighted by Gasteiger charge is -2.34. The monoisotopic (exact) mass is 418 g/mol.